The third-order valence-corrected chi connectivity index (χ3v) is 4.80. The standard InChI is InChI=1S/C21H24N2O4/c1-16-13-18(4-3-17(16)14-24)22-9-11-23(12-10-22)21(25)15-27-20-7-5-19(26-2)6-8-20/h3-8,13-14H,9-12,15H2,1-2H3. The van der Waals surface area contributed by atoms with Crippen LogP contribution in [0.1, 0.15) is 15.9 Å². The van der Waals surface area contributed by atoms with Crippen molar-refractivity contribution in [3.63, 3.8) is 0 Å². The van der Waals surface area contributed by atoms with E-state index in [-0.39, 0.29) is 12.5 Å². The number of carbonyl (C=O) groups excluding carboxylic acids is 2. The van der Waals surface area contributed by atoms with Crippen LogP contribution in [-0.4, -0.2) is 57.0 Å². The molecule has 1 saturated heterocycles. The molecule has 0 atom stereocenters. The lowest BCUT2D eigenvalue weighted by molar-refractivity contribution is -0.133. The topological polar surface area (TPSA) is 59.1 Å². The molecule has 1 fully saturated rings. The first-order valence-electron chi connectivity index (χ1n) is 8.96. The van der Waals surface area contributed by atoms with Crippen LogP contribution in [0.15, 0.2) is 42.5 Å². The highest BCUT2D eigenvalue weighted by molar-refractivity contribution is 5.79. The Morgan fingerprint density at radius 2 is 1.70 bits per heavy atom. The van der Waals surface area contributed by atoms with Gasteiger partial charge in [-0.1, -0.05) is 0 Å². The van der Waals surface area contributed by atoms with Crippen molar-refractivity contribution >= 4 is 17.9 Å². The molecule has 6 heteroatoms. The van der Waals surface area contributed by atoms with Crippen molar-refractivity contribution in [3.8, 4) is 11.5 Å². The zero-order valence-corrected chi connectivity index (χ0v) is 15.7. The van der Waals surface area contributed by atoms with E-state index in [4.69, 9.17) is 9.47 Å². The molecular formula is C21H24N2O4. The van der Waals surface area contributed by atoms with Gasteiger partial charge in [0, 0.05) is 37.4 Å². The summed E-state index contributed by atoms with van der Waals surface area (Å²) in [5.41, 5.74) is 2.76. The molecule has 0 aromatic heterocycles. The summed E-state index contributed by atoms with van der Waals surface area (Å²) >= 11 is 0. The number of amides is 1. The molecule has 0 bridgehead atoms. The summed E-state index contributed by atoms with van der Waals surface area (Å²) < 4.78 is 10.7. The number of methoxy groups -OCH3 is 1. The van der Waals surface area contributed by atoms with Crippen molar-refractivity contribution in [3.05, 3.63) is 53.6 Å². The quantitative estimate of drug-likeness (QED) is 0.734. The molecule has 0 aliphatic carbocycles. The lowest BCUT2D eigenvalue weighted by Gasteiger charge is -2.36. The van der Waals surface area contributed by atoms with Crippen LogP contribution in [0.25, 0.3) is 0 Å². The molecule has 1 heterocycles. The molecule has 1 aliphatic heterocycles. The summed E-state index contributed by atoms with van der Waals surface area (Å²) in [5.74, 6) is 1.38. The van der Waals surface area contributed by atoms with E-state index < -0.39 is 0 Å². The van der Waals surface area contributed by atoms with Gasteiger partial charge in [0.05, 0.1) is 7.11 Å². The van der Waals surface area contributed by atoms with Crippen LogP contribution in [0.5, 0.6) is 11.5 Å². The largest absolute Gasteiger partial charge is 0.497 e. The highest BCUT2D eigenvalue weighted by atomic mass is 16.5. The third-order valence-electron chi connectivity index (χ3n) is 4.80. The van der Waals surface area contributed by atoms with Gasteiger partial charge >= 0.3 is 0 Å². The van der Waals surface area contributed by atoms with Crippen molar-refractivity contribution in [2.75, 3.05) is 44.8 Å². The first kappa shape index (κ1) is 18.8. The Bertz CT molecular complexity index is 796. The lowest BCUT2D eigenvalue weighted by Crippen LogP contribution is -2.50. The van der Waals surface area contributed by atoms with Gasteiger partial charge in [0.2, 0.25) is 0 Å². The summed E-state index contributed by atoms with van der Waals surface area (Å²) in [7, 11) is 1.61. The van der Waals surface area contributed by atoms with Gasteiger partial charge < -0.3 is 19.3 Å². The Labute approximate surface area is 159 Å². The molecule has 2 aromatic rings. The average Bonchev–Trinajstić information content (AvgIpc) is 2.72. The summed E-state index contributed by atoms with van der Waals surface area (Å²) in [6.07, 6.45) is 0.874. The van der Waals surface area contributed by atoms with E-state index in [9.17, 15) is 9.59 Å². The van der Waals surface area contributed by atoms with Crippen LogP contribution in [0, 0.1) is 6.92 Å². The molecular weight excluding hydrogens is 344 g/mol. The summed E-state index contributed by atoms with van der Waals surface area (Å²) in [6, 6.07) is 13.0. The molecule has 0 saturated carbocycles. The maximum Gasteiger partial charge on any atom is 0.260 e. The molecule has 1 aliphatic rings. The molecule has 6 nitrogen and oxygen atoms in total. The van der Waals surface area contributed by atoms with Gasteiger partial charge in [0.25, 0.3) is 5.91 Å². The second-order valence-electron chi connectivity index (χ2n) is 6.49. The third kappa shape index (κ3) is 4.58. The second kappa shape index (κ2) is 8.58. The van der Waals surface area contributed by atoms with Gasteiger partial charge in [-0.2, -0.15) is 0 Å². The molecule has 0 N–H and O–H groups in total. The monoisotopic (exact) mass is 368 g/mol. The SMILES string of the molecule is COc1ccc(OCC(=O)N2CCN(c3ccc(C=O)c(C)c3)CC2)cc1. The summed E-state index contributed by atoms with van der Waals surface area (Å²) in [6.45, 7) is 4.78. The van der Waals surface area contributed by atoms with Crippen molar-refractivity contribution < 1.29 is 19.1 Å². The van der Waals surface area contributed by atoms with E-state index in [1.807, 2.05) is 30.0 Å². The predicted molar refractivity (Wildman–Crippen MR) is 104 cm³/mol. The Kier molecular flexibility index (Phi) is 5.96. The second-order valence-corrected chi connectivity index (χ2v) is 6.49. The number of hydrogen-bond acceptors (Lipinski definition) is 5. The van der Waals surface area contributed by atoms with Crippen LogP contribution in [-0.2, 0) is 4.79 Å². The number of carbonyl (C=O) groups is 2. The molecule has 2 aromatic carbocycles. The minimum atomic E-state index is -0.0158. The minimum Gasteiger partial charge on any atom is -0.497 e. The van der Waals surface area contributed by atoms with Crippen molar-refractivity contribution in [1.82, 2.24) is 4.90 Å². The van der Waals surface area contributed by atoms with Gasteiger partial charge in [-0.3, -0.25) is 9.59 Å². The van der Waals surface area contributed by atoms with Crippen LogP contribution in [0.2, 0.25) is 0 Å². The van der Waals surface area contributed by atoms with Crippen molar-refractivity contribution in [1.29, 1.82) is 0 Å². The molecule has 0 spiro atoms. The van der Waals surface area contributed by atoms with Gasteiger partial charge in [0.1, 0.15) is 17.8 Å². The molecule has 1 amide bonds. The fourth-order valence-corrected chi connectivity index (χ4v) is 3.11. The Morgan fingerprint density at radius 1 is 1.04 bits per heavy atom. The highest BCUT2D eigenvalue weighted by Gasteiger charge is 2.22. The lowest BCUT2D eigenvalue weighted by atomic mass is 10.1. The zero-order valence-electron chi connectivity index (χ0n) is 15.7. The highest BCUT2D eigenvalue weighted by Crippen LogP contribution is 2.20. The number of nitrogens with zero attached hydrogens (tertiary/aromatic N) is 2. The molecule has 3 rings (SSSR count). The zero-order chi connectivity index (χ0) is 19.2. The normalized spacial score (nSPS) is 14.0. The van der Waals surface area contributed by atoms with Crippen LogP contribution in [0.3, 0.4) is 0 Å². The number of rotatable bonds is 6. The van der Waals surface area contributed by atoms with E-state index in [1.165, 1.54) is 0 Å². The van der Waals surface area contributed by atoms with Gasteiger partial charge in [-0.25, -0.2) is 0 Å². The van der Waals surface area contributed by atoms with Crippen LogP contribution >= 0.6 is 0 Å². The fourth-order valence-electron chi connectivity index (χ4n) is 3.11. The van der Waals surface area contributed by atoms with Gasteiger partial charge in [0.15, 0.2) is 6.61 Å². The Balaban J connectivity index is 1.50. The fraction of sp³-hybridized carbons (Fsp3) is 0.333. The summed E-state index contributed by atoms with van der Waals surface area (Å²) in [4.78, 5) is 27.4. The minimum absolute atomic E-state index is 0.0158. The number of anilines is 1. The van der Waals surface area contributed by atoms with E-state index in [0.717, 1.165) is 36.4 Å². The number of aldehydes is 1. The summed E-state index contributed by atoms with van der Waals surface area (Å²) in [5, 5.41) is 0. The number of aryl methyl sites for hydroxylation is 1. The first-order chi connectivity index (χ1) is 13.1. The molecule has 0 radical (unpaired) electrons. The number of piperazine rings is 1. The van der Waals surface area contributed by atoms with Gasteiger partial charge in [-0.05, 0) is 55.0 Å². The van der Waals surface area contributed by atoms with E-state index in [0.29, 0.717) is 24.4 Å². The predicted octanol–water partition coefficient (Wildman–Crippen LogP) is 2.54. The smallest absolute Gasteiger partial charge is 0.260 e. The van der Waals surface area contributed by atoms with Crippen LogP contribution < -0.4 is 14.4 Å². The molecule has 0 unspecified atom stereocenters. The Morgan fingerprint density at radius 3 is 2.30 bits per heavy atom. The number of benzene rings is 2. The molecule has 27 heavy (non-hydrogen) atoms. The number of ether oxygens (including phenoxy) is 2. The maximum atomic E-state index is 12.4. The average molecular weight is 368 g/mol. The molecule has 142 valence electrons. The maximum absolute atomic E-state index is 12.4. The van der Waals surface area contributed by atoms with Crippen LogP contribution in [0.4, 0.5) is 5.69 Å². The first-order valence-corrected chi connectivity index (χ1v) is 8.96. The van der Waals surface area contributed by atoms with Gasteiger partial charge in [-0.15, -0.1) is 0 Å². The van der Waals surface area contributed by atoms with Crippen molar-refractivity contribution in [2.24, 2.45) is 0 Å². The Hall–Kier alpha value is -3.02. The van der Waals surface area contributed by atoms with E-state index in [2.05, 4.69) is 4.90 Å². The van der Waals surface area contributed by atoms with E-state index >= 15 is 0 Å². The number of hydrogen-bond donors (Lipinski definition) is 0. The van der Waals surface area contributed by atoms with E-state index in [1.54, 1.807) is 31.4 Å². The van der Waals surface area contributed by atoms with Crippen molar-refractivity contribution in [2.45, 2.75) is 6.92 Å².